The number of nitrogens with one attached hydrogen (secondary N) is 2. The number of nitrogens with zero attached hydrogens (tertiary/aromatic N) is 1. The van der Waals surface area contributed by atoms with Crippen molar-refractivity contribution in [1.82, 2.24) is 10.6 Å². The van der Waals surface area contributed by atoms with Crippen LogP contribution in [0, 0.1) is 0 Å². The zero-order valence-electron chi connectivity index (χ0n) is 19.0. The Morgan fingerprint density at radius 2 is 1.56 bits per heavy atom. The second-order valence-electron chi connectivity index (χ2n) is 8.42. The topological polar surface area (TPSA) is 78.5 Å². The van der Waals surface area contributed by atoms with E-state index >= 15 is 0 Å². The Morgan fingerprint density at radius 1 is 0.882 bits per heavy atom. The summed E-state index contributed by atoms with van der Waals surface area (Å²) in [6.45, 7) is -0.217. The third-order valence-electron chi connectivity index (χ3n) is 6.02. The van der Waals surface area contributed by atoms with Gasteiger partial charge < -0.3 is 10.6 Å². The summed E-state index contributed by atoms with van der Waals surface area (Å²) in [7, 11) is 0. The van der Waals surface area contributed by atoms with Gasteiger partial charge in [-0.1, -0.05) is 73.9 Å². The highest BCUT2D eigenvalue weighted by Gasteiger charge is 2.34. The van der Waals surface area contributed by atoms with Gasteiger partial charge in [-0.25, -0.2) is 0 Å². The summed E-state index contributed by atoms with van der Waals surface area (Å²) in [4.78, 5) is 41.7. The lowest BCUT2D eigenvalue weighted by atomic mass is 9.94. The standard InChI is InChI=1S/C27H29N3O3S/c31-24(19-28-26(32)23-17-10-18-34-23)30(22-15-8-3-9-16-22)25(20-11-4-1-5-12-20)27(33)29-21-13-6-2-7-14-21/h1,3-5,8-12,15-18,21,25H,2,6-7,13-14,19H2,(H,28,32)(H,29,33)/t25-/m1/s1. The van der Waals surface area contributed by atoms with Crippen LogP contribution in [-0.2, 0) is 9.59 Å². The molecule has 3 aromatic rings. The molecule has 1 saturated carbocycles. The fourth-order valence-electron chi connectivity index (χ4n) is 4.34. The highest BCUT2D eigenvalue weighted by atomic mass is 32.1. The van der Waals surface area contributed by atoms with Crippen LogP contribution in [0.25, 0.3) is 0 Å². The van der Waals surface area contributed by atoms with Crippen LogP contribution in [0.15, 0.2) is 78.2 Å². The van der Waals surface area contributed by atoms with E-state index in [2.05, 4.69) is 10.6 Å². The van der Waals surface area contributed by atoms with Crippen molar-refractivity contribution in [2.24, 2.45) is 0 Å². The Labute approximate surface area is 204 Å². The molecule has 0 spiro atoms. The minimum absolute atomic E-state index is 0.110. The van der Waals surface area contributed by atoms with Crippen LogP contribution >= 0.6 is 11.3 Å². The second kappa shape index (κ2) is 11.6. The Morgan fingerprint density at radius 3 is 2.21 bits per heavy atom. The van der Waals surface area contributed by atoms with Crippen LogP contribution in [0.3, 0.4) is 0 Å². The second-order valence-corrected chi connectivity index (χ2v) is 9.36. The minimum Gasteiger partial charge on any atom is -0.351 e. The molecule has 2 aromatic carbocycles. The van der Waals surface area contributed by atoms with E-state index < -0.39 is 6.04 Å². The van der Waals surface area contributed by atoms with E-state index in [1.807, 2.05) is 66.0 Å². The molecule has 1 heterocycles. The molecule has 7 heteroatoms. The van der Waals surface area contributed by atoms with Gasteiger partial charge >= 0.3 is 0 Å². The first kappa shape index (κ1) is 23.7. The SMILES string of the molecule is O=C(NCC(=O)N(c1ccccc1)[C@@H](C(=O)NC1CCCCC1)c1ccccc1)c1cccs1. The summed E-state index contributed by atoms with van der Waals surface area (Å²) < 4.78 is 0. The molecule has 176 valence electrons. The lowest BCUT2D eigenvalue weighted by Crippen LogP contribution is -2.49. The molecule has 0 bridgehead atoms. The van der Waals surface area contributed by atoms with Crippen molar-refractivity contribution in [2.45, 2.75) is 44.2 Å². The fourth-order valence-corrected chi connectivity index (χ4v) is 4.98. The number of rotatable bonds is 8. The highest BCUT2D eigenvalue weighted by Crippen LogP contribution is 2.29. The van der Waals surface area contributed by atoms with Gasteiger partial charge in [0.15, 0.2) is 0 Å². The largest absolute Gasteiger partial charge is 0.351 e. The van der Waals surface area contributed by atoms with Gasteiger partial charge in [-0.15, -0.1) is 11.3 Å². The van der Waals surface area contributed by atoms with Gasteiger partial charge in [0.25, 0.3) is 5.91 Å². The number of carbonyl (C=O) groups excluding carboxylic acids is 3. The van der Waals surface area contributed by atoms with Gasteiger partial charge in [-0.05, 0) is 42.0 Å². The van der Waals surface area contributed by atoms with Gasteiger partial charge in [0.2, 0.25) is 11.8 Å². The highest BCUT2D eigenvalue weighted by molar-refractivity contribution is 7.12. The molecule has 2 N–H and O–H groups in total. The molecular weight excluding hydrogens is 446 g/mol. The molecule has 3 amide bonds. The molecule has 0 aliphatic heterocycles. The van der Waals surface area contributed by atoms with Crippen LogP contribution < -0.4 is 15.5 Å². The average molecular weight is 476 g/mol. The predicted octanol–water partition coefficient (Wildman–Crippen LogP) is 4.70. The van der Waals surface area contributed by atoms with Crippen molar-refractivity contribution in [3.63, 3.8) is 0 Å². The van der Waals surface area contributed by atoms with E-state index in [-0.39, 0.29) is 30.3 Å². The van der Waals surface area contributed by atoms with Crippen LogP contribution in [-0.4, -0.2) is 30.3 Å². The zero-order valence-corrected chi connectivity index (χ0v) is 19.8. The molecule has 1 aliphatic rings. The normalized spacial score (nSPS) is 14.7. The molecule has 1 aromatic heterocycles. The number of hydrogen-bond acceptors (Lipinski definition) is 4. The van der Waals surface area contributed by atoms with Crippen LogP contribution in [0.1, 0.15) is 53.4 Å². The Hall–Kier alpha value is -3.45. The number of amides is 3. The number of benzene rings is 2. The molecule has 1 atom stereocenters. The van der Waals surface area contributed by atoms with E-state index in [0.717, 1.165) is 31.2 Å². The van der Waals surface area contributed by atoms with E-state index in [4.69, 9.17) is 0 Å². The maximum Gasteiger partial charge on any atom is 0.261 e. The van der Waals surface area contributed by atoms with Gasteiger partial charge in [-0.2, -0.15) is 0 Å². The lowest BCUT2D eigenvalue weighted by Gasteiger charge is -2.33. The maximum absolute atomic E-state index is 13.7. The molecule has 4 rings (SSSR count). The quantitative estimate of drug-likeness (QED) is 0.496. The molecule has 34 heavy (non-hydrogen) atoms. The molecule has 6 nitrogen and oxygen atoms in total. The third-order valence-corrected chi connectivity index (χ3v) is 6.89. The fraction of sp³-hybridized carbons (Fsp3) is 0.296. The van der Waals surface area contributed by atoms with E-state index in [1.165, 1.54) is 22.7 Å². The monoisotopic (exact) mass is 475 g/mol. The van der Waals surface area contributed by atoms with Crippen molar-refractivity contribution in [2.75, 3.05) is 11.4 Å². The number of carbonyl (C=O) groups is 3. The smallest absolute Gasteiger partial charge is 0.261 e. The van der Waals surface area contributed by atoms with Crippen molar-refractivity contribution in [3.05, 3.63) is 88.6 Å². The number of anilines is 1. The van der Waals surface area contributed by atoms with E-state index in [1.54, 1.807) is 12.1 Å². The first-order chi connectivity index (χ1) is 16.6. The molecule has 0 radical (unpaired) electrons. The summed E-state index contributed by atoms with van der Waals surface area (Å²) in [6, 6.07) is 21.2. The minimum atomic E-state index is -0.850. The summed E-state index contributed by atoms with van der Waals surface area (Å²) >= 11 is 1.31. The average Bonchev–Trinajstić information content (AvgIpc) is 3.42. The first-order valence-corrected chi connectivity index (χ1v) is 12.6. The van der Waals surface area contributed by atoms with Gasteiger partial charge in [0, 0.05) is 11.7 Å². The van der Waals surface area contributed by atoms with E-state index in [0.29, 0.717) is 10.6 Å². The lowest BCUT2D eigenvalue weighted by molar-refractivity contribution is -0.127. The molecule has 1 aliphatic carbocycles. The molecular formula is C27H29N3O3S. The summed E-state index contributed by atoms with van der Waals surface area (Å²) in [5.74, 6) is -0.872. The van der Waals surface area contributed by atoms with Gasteiger partial charge in [0.05, 0.1) is 11.4 Å². The Bertz CT molecular complexity index is 1080. The van der Waals surface area contributed by atoms with Crippen molar-refractivity contribution in [1.29, 1.82) is 0 Å². The van der Waals surface area contributed by atoms with Gasteiger partial charge in [-0.3, -0.25) is 19.3 Å². The summed E-state index contributed by atoms with van der Waals surface area (Å²) in [5, 5.41) is 7.72. The Balaban J connectivity index is 1.63. The molecule has 1 fully saturated rings. The molecule has 0 unspecified atom stereocenters. The maximum atomic E-state index is 13.7. The first-order valence-electron chi connectivity index (χ1n) is 11.7. The summed E-state index contributed by atoms with van der Waals surface area (Å²) in [5.41, 5.74) is 1.32. The van der Waals surface area contributed by atoms with Crippen molar-refractivity contribution < 1.29 is 14.4 Å². The Kier molecular flexibility index (Phi) is 8.09. The number of hydrogen-bond donors (Lipinski definition) is 2. The van der Waals surface area contributed by atoms with Gasteiger partial charge in [0.1, 0.15) is 6.04 Å². The van der Waals surface area contributed by atoms with Crippen molar-refractivity contribution >= 4 is 34.7 Å². The third kappa shape index (κ3) is 5.91. The summed E-state index contributed by atoms with van der Waals surface area (Å²) in [6.07, 6.45) is 5.27. The molecule has 0 saturated heterocycles. The zero-order chi connectivity index (χ0) is 23.8. The number of thiophene rings is 1. The van der Waals surface area contributed by atoms with E-state index in [9.17, 15) is 14.4 Å². The van der Waals surface area contributed by atoms with Crippen molar-refractivity contribution in [3.8, 4) is 0 Å². The van der Waals surface area contributed by atoms with Crippen LogP contribution in [0.4, 0.5) is 5.69 Å². The number of para-hydroxylation sites is 1. The van der Waals surface area contributed by atoms with Crippen LogP contribution in [0.2, 0.25) is 0 Å². The predicted molar refractivity (Wildman–Crippen MR) is 135 cm³/mol. The van der Waals surface area contributed by atoms with Crippen LogP contribution in [0.5, 0.6) is 0 Å².